The van der Waals surface area contributed by atoms with E-state index in [0.717, 1.165) is 5.56 Å². The Morgan fingerprint density at radius 2 is 2.06 bits per heavy atom. The summed E-state index contributed by atoms with van der Waals surface area (Å²) >= 11 is 0. The van der Waals surface area contributed by atoms with Gasteiger partial charge in [-0.2, -0.15) is 0 Å². The molecule has 0 bridgehead atoms. The summed E-state index contributed by atoms with van der Waals surface area (Å²) in [5.41, 5.74) is 7.11. The largest absolute Gasteiger partial charge is 0.399 e. The van der Waals surface area contributed by atoms with Crippen molar-refractivity contribution in [3.63, 3.8) is 0 Å². The van der Waals surface area contributed by atoms with Crippen molar-refractivity contribution in [3.05, 3.63) is 29.8 Å². The summed E-state index contributed by atoms with van der Waals surface area (Å²) in [5.74, 6) is 0. The lowest BCUT2D eigenvalue weighted by Gasteiger charge is -2.20. The fourth-order valence-electron chi connectivity index (χ4n) is 1.27. The van der Waals surface area contributed by atoms with E-state index in [1.165, 1.54) is 0 Å². The second-order valence-corrected chi connectivity index (χ2v) is 4.80. The number of hydrogen-bond donors (Lipinski definition) is 3. The van der Waals surface area contributed by atoms with Crippen LogP contribution in [0.25, 0.3) is 0 Å². The Morgan fingerprint density at radius 1 is 1.38 bits per heavy atom. The highest BCUT2D eigenvalue weighted by molar-refractivity contribution is 5.74. The third-order valence-electron chi connectivity index (χ3n) is 1.89. The molecule has 0 aromatic heterocycles. The highest BCUT2D eigenvalue weighted by atomic mass is 16.2. The van der Waals surface area contributed by atoms with Crippen LogP contribution in [0.15, 0.2) is 24.3 Å². The second kappa shape index (κ2) is 4.88. The molecule has 1 aromatic rings. The molecule has 4 nitrogen and oxygen atoms in total. The molecule has 1 rings (SSSR count). The molecular weight excluding hydrogens is 202 g/mol. The average molecular weight is 221 g/mol. The number of urea groups is 1. The predicted molar refractivity (Wildman–Crippen MR) is 66.0 cm³/mol. The number of anilines is 1. The number of rotatable bonds is 2. The number of hydrogen-bond acceptors (Lipinski definition) is 2. The van der Waals surface area contributed by atoms with E-state index < -0.39 is 0 Å². The van der Waals surface area contributed by atoms with Crippen LogP contribution < -0.4 is 16.4 Å². The monoisotopic (exact) mass is 221 g/mol. The Kier molecular flexibility index (Phi) is 3.77. The van der Waals surface area contributed by atoms with Crippen molar-refractivity contribution in [1.29, 1.82) is 0 Å². The first-order valence-electron chi connectivity index (χ1n) is 5.27. The van der Waals surface area contributed by atoms with Crippen molar-refractivity contribution in [2.45, 2.75) is 32.9 Å². The van der Waals surface area contributed by atoms with Crippen LogP contribution in [-0.2, 0) is 6.54 Å². The van der Waals surface area contributed by atoms with E-state index in [-0.39, 0.29) is 11.6 Å². The van der Waals surface area contributed by atoms with Gasteiger partial charge in [0.1, 0.15) is 0 Å². The summed E-state index contributed by atoms with van der Waals surface area (Å²) in [6.45, 7) is 6.29. The molecule has 16 heavy (non-hydrogen) atoms. The minimum absolute atomic E-state index is 0.171. The first-order valence-corrected chi connectivity index (χ1v) is 5.27. The van der Waals surface area contributed by atoms with Gasteiger partial charge in [0.15, 0.2) is 0 Å². The molecular formula is C12H19N3O. The molecule has 0 aliphatic heterocycles. The lowest BCUT2D eigenvalue weighted by Crippen LogP contribution is -2.46. The molecule has 0 aliphatic carbocycles. The van der Waals surface area contributed by atoms with Gasteiger partial charge in [0, 0.05) is 17.8 Å². The number of carbonyl (C=O) groups is 1. The van der Waals surface area contributed by atoms with E-state index in [2.05, 4.69) is 10.6 Å². The van der Waals surface area contributed by atoms with Crippen molar-refractivity contribution in [2.24, 2.45) is 0 Å². The van der Waals surface area contributed by atoms with Gasteiger partial charge in [0.2, 0.25) is 0 Å². The highest BCUT2D eigenvalue weighted by Crippen LogP contribution is 2.06. The molecule has 4 N–H and O–H groups in total. The molecule has 4 heteroatoms. The van der Waals surface area contributed by atoms with E-state index in [1.54, 1.807) is 0 Å². The molecule has 0 unspecified atom stereocenters. The van der Waals surface area contributed by atoms with Crippen LogP contribution in [0.1, 0.15) is 26.3 Å². The zero-order valence-electron chi connectivity index (χ0n) is 10.0. The molecule has 0 saturated carbocycles. The molecule has 1 aromatic carbocycles. The third-order valence-corrected chi connectivity index (χ3v) is 1.89. The minimum atomic E-state index is -0.222. The Hall–Kier alpha value is -1.71. The number of benzene rings is 1. The predicted octanol–water partition coefficient (Wildman–Crippen LogP) is 1.87. The molecule has 88 valence electrons. The van der Waals surface area contributed by atoms with Crippen LogP contribution in [0.4, 0.5) is 10.5 Å². The maximum atomic E-state index is 11.5. The first-order chi connectivity index (χ1) is 7.37. The maximum Gasteiger partial charge on any atom is 0.315 e. The standard InChI is InChI=1S/C12H19N3O/c1-12(2,3)15-11(16)14-8-9-5-4-6-10(13)7-9/h4-7H,8,13H2,1-3H3,(H2,14,15,16). The smallest absolute Gasteiger partial charge is 0.315 e. The van der Waals surface area contributed by atoms with Crippen molar-refractivity contribution in [1.82, 2.24) is 10.6 Å². The van der Waals surface area contributed by atoms with E-state index in [0.29, 0.717) is 12.2 Å². The lowest BCUT2D eigenvalue weighted by molar-refractivity contribution is 0.231. The van der Waals surface area contributed by atoms with Crippen LogP contribution >= 0.6 is 0 Å². The van der Waals surface area contributed by atoms with Gasteiger partial charge in [-0.25, -0.2) is 4.79 Å². The van der Waals surface area contributed by atoms with Gasteiger partial charge in [-0.05, 0) is 38.5 Å². The fourth-order valence-corrected chi connectivity index (χ4v) is 1.27. The van der Waals surface area contributed by atoms with Crippen molar-refractivity contribution < 1.29 is 4.79 Å². The number of carbonyl (C=O) groups excluding carboxylic acids is 1. The van der Waals surface area contributed by atoms with Crippen LogP contribution in [0.5, 0.6) is 0 Å². The van der Waals surface area contributed by atoms with Gasteiger partial charge in [0.25, 0.3) is 0 Å². The molecule has 0 saturated heterocycles. The van der Waals surface area contributed by atoms with Crippen LogP contribution in [0.2, 0.25) is 0 Å². The van der Waals surface area contributed by atoms with E-state index in [1.807, 2.05) is 45.0 Å². The Balaban J connectivity index is 2.43. The van der Waals surface area contributed by atoms with Crippen molar-refractivity contribution >= 4 is 11.7 Å². The number of nitrogen functional groups attached to an aromatic ring is 1. The summed E-state index contributed by atoms with van der Waals surface area (Å²) in [6, 6.07) is 7.28. The van der Waals surface area contributed by atoms with E-state index in [4.69, 9.17) is 5.73 Å². The molecule has 0 spiro atoms. The Labute approximate surface area is 96.2 Å². The second-order valence-electron chi connectivity index (χ2n) is 4.80. The van der Waals surface area contributed by atoms with E-state index in [9.17, 15) is 4.79 Å². The number of nitrogens with one attached hydrogen (secondary N) is 2. The summed E-state index contributed by atoms with van der Waals surface area (Å²) < 4.78 is 0. The summed E-state index contributed by atoms with van der Waals surface area (Å²) in [4.78, 5) is 11.5. The minimum Gasteiger partial charge on any atom is -0.399 e. The first kappa shape index (κ1) is 12.4. The van der Waals surface area contributed by atoms with Gasteiger partial charge >= 0.3 is 6.03 Å². The quantitative estimate of drug-likeness (QED) is 0.667. The number of nitrogens with two attached hydrogens (primary N) is 1. The highest BCUT2D eigenvalue weighted by Gasteiger charge is 2.12. The summed E-state index contributed by atoms with van der Waals surface area (Å²) in [7, 11) is 0. The topological polar surface area (TPSA) is 67.2 Å². The molecule has 0 fully saturated rings. The van der Waals surface area contributed by atoms with Crippen LogP contribution in [-0.4, -0.2) is 11.6 Å². The molecule has 0 aliphatic rings. The van der Waals surface area contributed by atoms with Gasteiger partial charge in [0.05, 0.1) is 0 Å². The van der Waals surface area contributed by atoms with Crippen molar-refractivity contribution in [3.8, 4) is 0 Å². The summed E-state index contributed by atoms with van der Waals surface area (Å²) in [6.07, 6.45) is 0. The molecule has 0 atom stereocenters. The van der Waals surface area contributed by atoms with Crippen molar-refractivity contribution in [2.75, 3.05) is 5.73 Å². The Bertz CT molecular complexity index is 369. The van der Waals surface area contributed by atoms with Gasteiger partial charge < -0.3 is 16.4 Å². The lowest BCUT2D eigenvalue weighted by atomic mass is 10.1. The van der Waals surface area contributed by atoms with E-state index >= 15 is 0 Å². The molecule has 2 amide bonds. The average Bonchev–Trinajstić information content (AvgIpc) is 2.12. The number of amides is 2. The third kappa shape index (κ3) is 4.68. The molecule has 0 heterocycles. The zero-order chi connectivity index (χ0) is 12.2. The SMILES string of the molecule is CC(C)(C)NC(=O)NCc1cccc(N)c1. The zero-order valence-corrected chi connectivity index (χ0v) is 10.0. The van der Waals surface area contributed by atoms with Crippen LogP contribution in [0.3, 0.4) is 0 Å². The van der Waals surface area contributed by atoms with Crippen LogP contribution in [0, 0.1) is 0 Å². The maximum absolute atomic E-state index is 11.5. The van der Waals surface area contributed by atoms with Gasteiger partial charge in [-0.3, -0.25) is 0 Å². The Morgan fingerprint density at radius 3 is 2.62 bits per heavy atom. The molecule has 0 radical (unpaired) electrons. The normalized spacial score (nSPS) is 10.9. The van der Waals surface area contributed by atoms with Gasteiger partial charge in [-0.1, -0.05) is 12.1 Å². The van der Waals surface area contributed by atoms with Gasteiger partial charge in [-0.15, -0.1) is 0 Å². The summed E-state index contributed by atoms with van der Waals surface area (Å²) in [5, 5.41) is 5.60. The fraction of sp³-hybridized carbons (Fsp3) is 0.417.